The van der Waals surface area contributed by atoms with Gasteiger partial charge in [0, 0.05) is 30.4 Å². The van der Waals surface area contributed by atoms with Crippen molar-refractivity contribution in [2.75, 3.05) is 18.0 Å². The Hall–Kier alpha value is -2.16. The van der Waals surface area contributed by atoms with Gasteiger partial charge in [-0.25, -0.2) is 0 Å². The Bertz CT molecular complexity index is 741. The van der Waals surface area contributed by atoms with Crippen LogP contribution in [0, 0.1) is 11.3 Å². The number of aliphatic hydroxyl groups excluding tert-OH is 1. The van der Waals surface area contributed by atoms with Gasteiger partial charge in [-0.3, -0.25) is 4.98 Å². The van der Waals surface area contributed by atoms with Crippen molar-refractivity contribution in [3.63, 3.8) is 0 Å². The van der Waals surface area contributed by atoms with Crippen LogP contribution in [0.3, 0.4) is 0 Å². The van der Waals surface area contributed by atoms with Crippen molar-refractivity contribution in [2.45, 2.75) is 38.6 Å². The summed E-state index contributed by atoms with van der Waals surface area (Å²) < 4.78 is 5.89. The number of nitrogens with zero attached hydrogens (tertiary/aromatic N) is 3. The molecule has 0 saturated carbocycles. The number of ether oxygens (including phenoxy) is 1. The maximum Gasteiger partial charge on any atom is 0.101 e. The second-order valence-electron chi connectivity index (χ2n) is 6.01. The molecule has 0 aliphatic carbocycles. The van der Waals surface area contributed by atoms with Crippen LogP contribution in [0.15, 0.2) is 30.5 Å². The van der Waals surface area contributed by atoms with Crippen molar-refractivity contribution in [1.29, 1.82) is 5.26 Å². The summed E-state index contributed by atoms with van der Waals surface area (Å²) in [6, 6.07) is 9.86. The van der Waals surface area contributed by atoms with Crippen molar-refractivity contribution in [1.82, 2.24) is 4.98 Å². The molecule has 3 rings (SSSR count). The summed E-state index contributed by atoms with van der Waals surface area (Å²) in [4.78, 5) is 6.59. The first-order valence-electron chi connectivity index (χ1n) is 8.00. The number of pyridine rings is 1. The molecule has 1 unspecified atom stereocenters. The number of nitriles is 1. The Labute approximate surface area is 136 Å². The number of aliphatic hydroxyl groups is 1. The fourth-order valence-corrected chi connectivity index (χ4v) is 3.18. The van der Waals surface area contributed by atoms with Gasteiger partial charge in [-0.1, -0.05) is 6.92 Å². The van der Waals surface area contributed by atoms with E-state index in [2.05, 4.69) is 16.0 Å². The van der Waals surface area contributed by atoms with Gasteiger partial charge in [-0.2, -0.15) is 5.26 Å². The Kier molecular flexibility index (Phi) is 4.46. The summed E-state index contributed by atoms with van der Waals surface area (Å²) in [7, 11) is 0. The van der Waals surface area contributed by atoms with Crippen LogP contribution >= 0.6 is 0 Å². The van der Waals surface area contributed by atoms with E-state index in [0.717, 1.165) is 23.1 Å². The summed E-state index contributed by atoms with van der Waals surface area (Å²) in [6.45, 7) is 5.36. The zero-order valence-corrected chi connectivity index (χ0v) is 13.4. The van der Waals surface area contributed by atoms with Gasteiger partial charge in [-0.05, 0) is 37.6 Å². The predicted octanol–water partition coefficient (Wildman–Crippen LogP) is 2.47. The molecule has 23 heavy (non-hydrogen) atoms. The fourth-order valence-electron chi connectivity index (χ4n) is 3.18. The number of benzene rings is 1. The van der Waals surface area contributed by atoms with E-state index in [0.29, 0.717) is 18.5 Å². The molecule has 2 aromatic rings. The fraction of sp³-hybridized carbons (Fsp3) is 0.444. The first-order valence-corrected chi connectivity index (χ1v) is 8.00. The summed E-state index contributed by atoms with van der Waals surface area (Å²) in [5.41, 5.74) is 2.34. The standard InChI is InChI=1S/C18H21N3O2/c1-3-16(22)17-11-21(10-12(2)23-17)15-7-6-13(9-19)18-14(15)5-4-8-20-18/h4-8,12,16-17,22H,3,10-11H2,1-2H3/t12-,16?,17-/m1/s1. The van der Waals surface area contributed by atoms with Gasteiger partial charge < -0.3 is 14.7 Å². The highest BCUT2D eigenvalue weighted by molar-refractivity contribution is 5.95. The average Bonchev–Trinajstić information content (AvgIpc) is 2.59. The normalized spacial score (nSPS) is 22.8. The van der Waals surface area contributed by atoms with Crippen LogP contribution < -0.4 is 4.90 Å². The molecule has 1 saturated heterocycles. The predicted molar refractivity (Wildman–Crippen MR) is 89.3 cm³/mol. The topological polar surface area (TPSA) is 69.4 Å². The van der Waals surface area contributed by atoms with E-state index in [-0.39, 0.29) is 12.2 Å². The first-order chi connectivity index (χ1) is 11.1. The zero-order valence-electron chi connectivity index (χ0n) is 13.4. The van der Waals surface area contributed by atoms with Gasteiger partial charge in [0.05, 0.1) is 23.3 Å². The van der Waals surface area contributed by atoms with Crippen LogP contribution in [0.4, 0.5) is 5.69 Å². The first kappa shape index (κ1) is 15.7. The molecule has 5 heteroatoms. The van der Waals surface area contributed by atoms with Crippen LogP contribution in [0.5, 0.6) is 0 Å². The maximum atomic E-state index is 10.2. The van der Waals surface area contributed by atoms with Crippen LogP contribution in [-0.4, -0.2) is 41.5 Å². The highest BCUT2D eigenvalue weighted by Gasteiger charge is 2.30. The van der Waals surface area contributed by atoms with Gasteiger partial charge in [0.25, 0.3) is 0 Å². The Balaban J connectivity index is 2.01. The SMILES string of the molecule is CCC(O)[C@H]1CN(c2ccc(C#N)c3ncccc23)C[C@@H](C)O1. The molecule has 0 amide bonds. The molecule has 3 atom stereocenters. The van der Waals surface area contributed by atoms with Gasteiger partial charge in [0.1, 0.15) is 12.2 Å². The second-order valence-corrected chi connectivity index (χ2v) is 6.01. The number of hydrogen-bond donors (Lipinski definition) is 1. The molecular formula is C18H21N3O2. The number of hydrogen-bond acceptors (Lipinski definition) is 5. The maximum absolute atomic E-state index is 10.2. The number of rotatable bonds is 3. The molecule has 2 heterocycles. The highest BCUT2D eigenvalue weighted by Crippen LogP contribution is 2.30. The Morgan fingerprint density at radius 2 is 2.26 bits per heavy atom. The molecule has 0 bridgehead atoms. The van der Waals surface area contributed by atoms with E-state index in [9.17, 15) is 10.4 Å². The van der Waals surface area contributed by atoms with Crippen molar-refractivity contribution in [2.24, 2.45) is 0 Å². The molecule has 1 aliphatic rings. The van der Waals surface area contributed by atoms with Crippen LogP contribution in [-0.2, 0) is 4.74 Å². The average molecular weight is 311 g/mol. The van der Waals surface area contributed by atoms with E-state index >= 15 is 0 Å². The molecule has 1 N–H and O–H groups in total. The lowest BCUT2D eigenvalue weighted by atomic mass is 10.0. The van der Waals surface area contributed by atoms with Gasteiger partial charge in [0.2, 0.25) is 0 Å². The Morgan fingerprint density at radius 1 is 1.43 bits per heavy atom. The molecular weight excluding hydrogens is 290 g/mol. The van der Waals surface area contributed by atoms with Gasteiger partial charge in [-0.15, -0.1) is 0 Å². The summed E-state index contributed by atoms with van der Waals surface area (Å²) in [5, 5.41) is 20.4. The number of aromatic nitrogens is 1. The molecule has 120 valence electrons. The Morgan fingerprint density at radius 3 is 3.00 bits per heavy atom. The third-order valence-electron chi connectivity index (χ3n) is 4.34. The molecule has 0 spiro atoms. The van der Waals surface area contributed by atoms with E-state index in [1.165, 1.54) is 0 Å². The van der Waals surface area contributed by atoms with E-state index in [1.54, 1.807) is 6.20 Å². The molecule has 1 aromatic carbocycles. The number of fused-ring (bicyclic) bond motifs is 1. The largest absolute Gasteiger partial charge is 0.390 e. The van der Waals surface area contributed by atoms with Crippen molar-refractivity contribution >= 4 is 16.6 Å². The van der Waals surface area contributed by atoms with Crippen LogP contribution in [0.1, 0.15) is 25.8 Å². The lowest BCUT2D eigenvalue weighted by molar-refractivity contribution is -0.0803. The highest BCUT2D eigenvalue weighted by atomic mass is 16.5. The van der Waals surface area contributed by atoms with Crippen LogP contribution in [0.2, 0.25) is 0 Å². The molecule has 1 fully saturated rings. The van der Waals surface area contributed by atoms with E-state index < -0.39 is 6.10 Å². The zero-order chi connectivity index (χ0) is 16.4. The quantitative estimate of drug-likeness (QED) is 0.943. The second kappa shape index (κ2) is 6.53. The lowest BCUT2D eigenvalue weighted by Crippen LogP contribution is -2.51. The third-order valence-corrected chi connectivity index (χ3v) is 4.34. The number of anilines is 1. The summed E-state index contributed by atoms with van der Waals surface area (Å²) in [6.07, 6.45) is 1.74. The minimum Gasteiger partial charge on any atom is -0.390 e. The summed E-state index contributed by atoms with van der Waals surface area (Å²) >= 11 is 0. The van der Waals surface area contributed by atoms with E-state index in [1.807, 2.05) is 38.1 Å². The summed E-state index contributed by atoms with van der Waals surface area (Å²) in [5.74, 6) is 0. The minimum atomic E-state index is -0.469. The third kappa shape index (κ3) is 3.00. The van der Waals surface area contributed by atoms with E-state index in [4.69, 9.17) is 4.74 Å². The van der Waals surface area contributed by atoms with Crippen LogP contribution in [0.25, 0.3) is 10.9 Å². The van der Waals surface area contributed by atoms with Crippen molar-refractivity contribution < 1.29 is 9.84 Å². The van der Waals surface area contributed by atoms with Crippen molar-refractivity contribution in [3.05, 3.63) is 36.0 Å². The molecule has 5 nitrogen and oxygen atoms in total. The molecule has 1 aliphatic heterocycles. The molecule has 1 aromatic heterocycles. The monoisotopic (exact) mass is 311 g/mol. The lowest BCUT2D eigenvalue weighted by Gasteiger charge is -2.40. The smallest absolute Gasteiger partial charge is 0.101 e. The minimum absolute atomic E-state index is 0.0392. The van der Waals surface area contributed by atoms with Gasteiger partial charge in [0.15, 0.2) is 0 Å². The van der Waals surface area contributed by atoms with Crippen molar-refractivity contribution in [3.8, 4) is 6.07 Å². The number of morpholine rings is 1. The molecule has 0 radical (unpaired) electrons. The van der Waals surface area contributed by atoms with Gasteiger partial charge >= 0.3 is 0 Å².